The number of nitrogens with zero attached hydrogens (tertiary/aromatic N) is 1. The lowest BCUT2D eigenvalue weighted by atomic mass is 10.4. The van der Waals surface area contributed by atoms with Gasteiger partial charge in [0.15, 0.2) is 5.96 Å². The fourth-order valence-corrected chi connectivity index (χ4v) is 1.38. The van der Waals surface area contributed by atoms with Gasteiger partial charge in [0.2, 0.25) is 0 Å². The van der Waals surface area contributed by atoms with Gasteiger partial charge in [0.05, 0.1) is 5.69 Å². The largest absolute Gasteiger partial charge is 0.370 e. The van der Waals surface area contributed by atoms with Crippen LogP contribution in [0.3, 0.4) is 0 Å². The summed E-state index contributed by atoms with van der Waals surface area (Å²) in [6.07, 6.45) is 0. The first-order chi connectivity index (χ1) is 5.68. The van der Waals surface area contributed by atoms with Crippen LogP contribution < -0.4 is 11.1 Å². The van der Waals surface area contributed by atoms with Crippen molar-refractivity contribution in [2.24, 2.45) is 10.7 Å². The zero-order valence-corrected chi connectivity index (χ0v) is 8.06. The molecule has 4 heteroatoms. The smallest absolute Gasteiger partial charge is 0.193 e. The van der Waals surface area contributed by atoms with E-state index in [2.05, 4.69) is 10.3 Å². The molecular formula is C8H13N3S. The number of anilines is 1. The molecule has 0 unspecified atom stereocenters. The number of rotatable bonds is 2. The van der Waals surface area contributed by atoms with Crippen LogP contribution in [0.15, 0.2) is 21.8 Å². The standard InChI is InChI=1S/C8H13N3S/c1-6(2)10-8(9)11-7-3-4-12-5-7/h3-6H,1-2H3,(H3,9,10,11). The second kappa shape index (κ2) is 4.11. The summed E-state index contributed by atoms with van der Waals surface area (Å²) in [4.78, 5) is 4.14. The number of hydrogen-bond donors (Lipinski definition) is 2. The summed E-state index contributed by atoms with van der Waals surface area (Å²) in [6, 6.07) is 2.20. The van der Waals surface area contributed by atoms with E-state index in [9.17, 15) is 0 Å². The van der Waals surface area contributed by atoms with Crippen LogP contribution >= 0.6 is 11.3 Å². The Morgan fingerprint density at radius 3 is 2.92 bits per heavy atom. The van der Waals surface area contributed by atoms with E-state index in [4.69, 9.17) is 5.73 Å². The highest BCUT2D eigenvalue weighted by Gasteiger charge is 1.95. The average Bonchev–Trinajstić information content (AvgIpc) is 2.37. The summed E-state index contributed by atoms with van der Waals surface area (Å²) >= 11 is 1.63. The monoisotopic (exact) mass is 183 g/mol. The molecule has 1 heterocycles. The van der Waals surface area contributed by atoms with Gasteiger partial charge < -0.3 is 11.1 Å². The molecule has 0 bridgehead atoms. The van der Waals surface area contributed by atoms with E-state index in [1.54, 1.807) is 11.3 Å². The Hall–Kier alpha value is -1.03. The van der Waals surface area contributed by atoms with Crippen molar-refractivity contribution < 1.29 is 0 Å². The number of aliphatic imine (C=N–C) groups is 1. The molecule has 0 aromatic carbocycles. The van der Waals surface area contributed by atoms with Gasteiger partial charge in [-0.25, -0.2) is 0 Å². The normalized spacial score (nSPS) is 12.1. The highest BCUT2D eigenvalue weighted by molar-refractivity contribution is 7.08. The van der Waals surface area contributed by atoms with Gasteiger partial charge in [-0.2, -0.15) is 11.3 Å². The van der Waals surface area contributed by atoms with Crippen molar-refractivity contribution in [2.45, 2.75) is 19.9 Å². The molecular weight excluding hydrogens is 170 g/mol. The lowest BCUT2D eigenvalue weighted by Crippen LogP contribution is -2.23. The van der Waals surface area contributed by atoms with E-state index in [0.717, 1.165) is 5.69 Å². The van der Waals surface area contributed by atoms with Crippen LogP contribution in [0, 0.1) is 0 Å². The molecule has 12 heavy (non-hydrogen) atoms. The summed E-state index contributed by atoms with van der Waals surface area (Å²) in [5, 5.41) is 6.97. The van der Waals surface area contributed by atoms with Crippen molar-refractivity contribution in [2.75, 3.05) is 5.32 Å². The molecule has 1 aromatic rings. The number of thiophene rings is 1. The Morgan fingerprint density at radius 1 is 1.67 bits per heavy atom. The van der Waals surface area contributed by atoms with Crippen molar-refractivity contribution in [3.05, 3.63) is 16.8 Å². The van der Waals surface area contributed by atoms with Gasteiger partial charge in [-0.15, -0.1) is 0 Å². The summed E-state index contributed by atoms with van der Waals surface area (Å²) in [5.74, 6) is 0.475. The lowest BCUT2D eigenvalue weighted by Gasteiger charge is -2.03. The fourth-order valence-electron chi connectivity index (χ4n) is 0.794. The van der Waals surface area contributed by atoms with Crippen LogP contribution in [0.4, 0.5) is 5.69 Å². The zero-order valence-electron chi connectivity index (χ0n) is 7.24. The Bertz CT molecular complexity index is 251. The molecule has 3 N–H and O–H groups in total. The maximum atomic E-state index is 5.61. The molecule has 0 aliphatic carbocycles. The van der Waals surface area contributed by atoms with Gasteiger partial charge in [-0.3, -0.25) is 4.99 Å². The molecule has 0 saturated carbocycles. The minimum atomic E-state index is 0.233. The Labute approximate surface area is 76.3 Å². The SMILES string of the molecule is CC(C)N=C(N)Nc1ccsc1. The first-order valence-corrected chi connectivity index (χ1v) is 4.75. The second-order valence-electron chi connectivity index (χ2n) is 2.75. The molecule has 0 aliphatic heterocycles. The summed E-state index contributed by atoms with van der Waals surface area (Å²) in [6.45, 7) is 3.98. The summed E-state index contributed by atoms with van der Waals surface area (Å²) < 4.78 is 0. The lowest BCUT2D eigenvalue weighted by molar-refractivity contribution is 0.833. The van der Waals surface area contributed by atoms with E-state index in [1.165, 1.54) is 0 Å². The first kappa shape index (κ1) is 9.06. The first-order valence-electron chi connectivity index (χ1n) is 3.81. The van der Waals surface area contributed by atoms with Gasteiger partial charge in [0.25, 0.3) is 0 Å². The average molecular weight is 183 g/mol. The van der Waals surface area contributed by atoms with E-state index < -0.39 is 0 Å². The maximum absolute atomic E-state index is 5.61. The molecule has 0 fully saturated rings. The minimum absolute atomic E-state index is 0.233. The van der Waals surface area contributed by atoms with E-state index in [1.807, 2.05) is 30.7 Å². The van der Waals surface area contributed by atoms with Crippen LogP contribution in [-0.2, 0) is 0 Å². The summed E-state index contributed by atoms with van der Waals surface area (Å²) in [7, 11) is 0. The highest BCUT2D eigenvalue weighted by Crippen LogP contribution is 2.10. The molecule has 1 rings (SSSR count). The molecule has 0 amide bonds. The minimum Gasteiger partial charge on any atom is -0.370 e. The van der Waals surface area contributed by atoms with Crippen molar-refractivity contribution in [1.82, 2.24) is 0 Å². The quantitative estimate of drug-likeness (QED) is 0.543. The van der Waals surface area contributed by atoms with Crippen molar-refractivity contribution in [3.8, 4) is 0 Å². The van der Waals surface area contributed by atoms with E-state index in [-0.39, 0.29) is 6.04 Å². The molecule has 0 saturated heterocycles. The predicted molar refractivity (Wildman–Crippen MR) is 54.7 cm³/mol. The van der Waals surface area contributed by atoms with Crippen molar-refractivity contribution in [3.63, 3.8) is 0 Å². The Balaban J connectivity index is 2.52. The molecule has 66 valence electrons. The van der Waals surface area contributed by atoms with Crippen LogP contribution in [-0.4, -0.2) is 12.0 Å². The third-order valence-electron chi connectivity index (χ3n) is 1.19. The van der Waals surface area contributed by atoms with Gasteiger partial charge in [0, 0.05) is 11.4 Å². The third-order valence-corrected chi connectivity index (χ3v) is 1.87. The van der Waals surface area contributed by atoms with Crippen LogP contribution in [0.1, 0.15) is 13.8 Å². The van der Waals surface area contributed by atoms with Crippen LogP contribution in [0.25, 0.3) is 0 Å². The number of guanidine groups is 1. The number of nitrogens with two attached hydrogens (primary N) is 1. The molecule has 0 radical (unpaired) electrons. The maximum Gasteiger partial charge on any atom is 0.193 e. The van der Waals surface area contributed by atoms with Gasteiger partial charge in [-0.05, 0) is 25.3 Å². The second-order valence-corrected chi connectivity index (χ2v) is 3.53. The molecule has 0 atom stereocenters. The number of nitrogens with one attached hydrogen (secondary N) is 1. The Kier molecular flexibility index (Phi) is 3.10. The van der Waals surface area contributed by atoms with Crippen LogP contribution in [0.5, 0.6) is 0 Å². The third kappa shape index (κ3) is 2.92. The molecule has 0 spiro atoms. The highest BCUT2D eigenvalue weighted by atomic mass is 32.1. The van der Waals surface area contributed by atoms with Crippen molar-refractivity contribution in [1.29, 1.82) is 0 Å². The topological polar surface area (TPSA) is 50.4 Å². The van der Waals surface area contributed by atoms with Crippen LogP contribution in [0.2, 0.25) is 0 Å². The predicted octanol–water partition coefficient (Wildman–Crippen LogP) is 1.88. The fraction of sp³-hybridized carbons (Fsp3) is 0.375. The van der Waals surface area contributed by atoms with E-state index >= 15 is 0 Å². The number of hydrogen-bond acceptors (Lipinski definition) is 2. The van der Waals surface area contributed by atoms with Gasteiger partial charge >= 0.3 is 0 Å². The van der Waals surface area contributed by atoms with Gasteiger partial charge in [-0.1, -0.05) is 0 Å². The molecule has 3 nitrogen and oxygen atoms in total. The van der Waals surface area contributed by atoms with Gasteiger partial charge in [0.1, 0.15) is 0 Å². The summed E-state index contributed by atoms with van der Waals surface area (Å²) in [5.41, 5.74) is 6.61. The molecule has 1 aromatic heterocycles. The Morgan fingerprint density at radius 2 is 2.42 bits per heavy atom. The van der Waals surface area contributed by atoms with E-state index in [0.29, 0.717) is 5.96 Å². The zero-order chi connectivity index (χ0) is 8.97. The van der Waals surface area contributed by atoms with Crippen molar-refractivity contribution >= 4 is 23.0 Å². The molecule has 0 aliphatic rings.